The molecule has 3 aromatic rings. The fourth-order valence-electron chi connectivity index (χ4n) is 4.60. The first-order chi connectivity index (χ1) is 24.1. The third-order valence-corrected chi connectivity index (χ3v) is 13.7. The zero-order chi connectivity index (χ0) is 37.5. The van der Waals surface area contributed by atoms with Gasteiger partial charge < -0.3 is 33.7 Å². The third kappa shape index (κ3) is 16.1. The predicted molar refractivity (Wildman–Crippen MR) is 215 cm³/mol. The van der Waals surface area contributed by atoms with Crippen LogP contribution in [-0.4, -0.2) is 81.2 Å². The van der Waals surface area contributed by atoms with Crippen molar-refractivity contribution in [3.8, 4) is 0 Å². The zero-order valence-corrected chi connectivity index (χ0v) is 34.7. The van der Waals surface area contributed by atoms with Crippen LogP contribution < -0.4 is 16.0 Å². The lowest BCUT2D eigenvalue weighted by molar-refractivity contribution is 0.0490. The van der Waals surface area contributed by atoms with Gasteiger partial charge in [0.25, 0.3) is 0 Å². The molecular weight excluding hydrogens is 701 g/mol. The molecule has 1 unspecified atom stereocenters. The number of ether oxygens (including phenoxy) is 2. The SMILES string of the molecule is CCCCOC(=O)c1ccc(Nc2nc(NCCCS(C)(CO[Si](C)(C)C)O[Si](C)(C)C)nc(Nc3ccc(C(=O)OCCCC)cc3)n2)cc1. The maximum absolute atomic E-state index is 12.4. The van der Waals surface area contributed by atoms with Gasteiger partial charge >= 0.3 is 11.9 Å². The molecule has 12 nitrogen and oxygen atoms in total. The number of nitrogens with zero attached hydrogens (tertiary/aromatic N) is 3. The van der Waals surface area contributed by atoms with Crippen LogP contribution in [0.5, 0.6) is 0 Å². The summed E-state index contributed by atoms with van der Waals surface area (Å²) in [6.07, 6.45) is 6.63. The first-order valence-electron chi connectivity index (χ1n) is 17.7. The summed E-state index contributed by atoms with van der Waals surface area (Å²) in [4.78, 5) is 38.6. The smallest absolute Gasteiger partial charge is 0.338 e. The minimum absolute atomic E-state index is 0.311. The minimum atomic E-state index is -1.79. The van der Waals surface area contributed by atoms with E-state index in [1.165, 1.54) is 0 Å². The van der Waals surface area contributed by atoms with Crippen molar-refractivity contribution in [1.29, 1.82) is 0 Å². The Morgan fingerprint density at radius 2 is 1.12 bits per heavy atom. The molecule has 15 heteroatoms. The highest BCUT2D eigenvalue weighted by Gasteiger charge is 2.29. The Labute approximate surface area is 308 Å². The largest absolute Gasteiger partial charge is 0.462 e. The topological polar surface area (TPSA) is 146 Å². The molecule has 1 atom stereocenters. The van der Waals surface area contributed by atoms with Crippen LogP contribution in [0.4, 0.5) is 29.2 Å². The van der Waals surface area contributed by atoms with Crippen molar-refractivity contribution >= 4 is 68.1 Å². The van der Waals surface area contributed by atoms with E-state index in [0.717, 1.165) is 37.9 Å². The van der Waals surface area contributed by atoms with Gasteiger partial charge in [0.2, 0.25) is 17.8 Å². The quantitative estimate of drug-likeness (QED) is 0.0510. The molecule has 0 aliphatic rings. The highest BCUT2D eigenvalue weighted by molar-refractivity contribution is 8.29. The second-order valence-corrected chi connectivity index (χ2v) is 26.8. The Morgan fingerprint density at radius 1 is 0.667 bits per heavy atom. The molecule has 0 aliphatic carbocycles. The fourth-order valence-corrected chi connectivity index (χ4v) is 13.2. The molecule has 1 heterocycles. The van der Waals surface area contributed by atoms with Gasteiger partial charge in [0.1, 0.15) is 0 Å². The Balaban J connectivity index is 1.77. The number of hydrogen-bond donors (Lipinski definition) is 3. The first-order valence-corrected chi connectivity index (χ1v) is 26.9. The number of unbranched alkanes of at least 4 members (excludes halogenated alkanes) is 2. The maximum atomic E-state index is 12.4. The van der Waals surface area contributed by atoms with Gasteiger partial charge in [0.05, 0.1) is 30.3 Å². The van der Waals surface area contributed by atoms with Crippen molar-refractivity contribution in [3.05, 3.63) is 59.7 Å². The number of rotatable bonds is 22. The Bertz CT molecular complexity index is 1450. The van der Waals surface area contributed by atoms with Crippen LogP contribution in [0.1, 0.15) is 66.7 Å². The van der Waals surface area contributed by atoms with E-state index < -0.39 is 26.9 Å². The van der Waals surface area contributed by atoms with E-state index in [4.69, 9.17) is 17.8 Å². The van der Waals surface area contributed by atoms with E-state index in [2.05, 4.69) is 76.4 Å². The Hall–Kier alpha value is -3.51. The van der Waals surface area contributed by atoms with Crippen LogP contribution in [0.2, 0.25) is 39.3 Å². The molecule has 0 spiro atoms. The van der Waals surface area contributed by atoms with Crippen LogP contribution in [0.15, 0.2) is 48.5 Å². The van der Waals surface area contributed by atoms with Crippen LogP contribution >= 0.6 is 10.3 Å². The second-order valence-electron chi connectivity index (χ2n) is 14.4. The molecule has 3 N–H and O–H groups in total. The molecule has 0 saturated heterocycles. The standard InChI is InChI=1S/C36H58N6O6SSi2/c1-10-12-24-45-32(43)28-15-19-30(20-16-28)38-35-40-34(37-23-14-26-49(3,48-51(7,8)9)27-47-50(4,5)6)41-36(42-35)39-31-21-17-29(18-22-31)33(44)46-25-13-11-2/h15-22H,10-14,23-27H2,1-9H3,(H3,37,38,39,40,41,42). The van der Waals surface area contributed by atoms with Gasteiger partial charge in [0, 0.05) is 23.7 Å². The highest BCUT2D eigenvalue weighted by Crippen LogP contribution is 2.49. The number of carbonyl (C=O) groups excluding carboxylic acids is 2. The maximum Gasteiger partial charge on any atom is 0.338 e. The average Bonchev–Trinajstić information content (AvgIpc) is 3.05. The predicted octanol–water partition coefficient (Wildman–Crippen LogP) is 9.08. The zero-order valence-electron chi connectivity index (χ0n) is 31.9. The monoisotopic (exact) mass is 758 g/mol. The summed E-state index contributed by atoms with van der Waals surface area (Å²) < 4.78 is 23.7. The number of anilines is 5. The van der Waals surface area contributed by atoms with Crippen molar-refractivity contribution in [2.45, 2.75) is 85.2 Å². The summed E-state index contributed by atoms with van der Waals surface area (Å²) >= 11 is 0. The van der Waals surface area contributed by atoms with Crippen LogP contribution in [0.25, 0.3) is 0 Å². The summed E-state index contributed by atoms with van der Waals surface area (Å²) in [5.41, 5.74) is 2.33. The van der Waals surface area contributed by atoms with E-state index in [-0.39, 0.29) is 11.9 Å². The lowest BCUT2D eigenvalue weighted by Gasteiger charge is -2.42. The van der Waals surface area contributed by atoms with Crippen LogP contribution in [-0.2, 0) is 17.8 Å². The van der Waals surface area contributed by atoms with Gasteiger partial charge in [-0.15, -0.1) is 10.3 Å². The summed E-state index contributed by atoms with van der Waals surface area (Å²) in [5, 5.41) is 9.83. The van der Waals surface area contributed by atoms with Crippen molar-refractivity contribution in [2.24, 2.45) is 0 Å². The van der Waals surface area contributed by atoms with E-state index in [9.17, 15) is 9.59 Å². The third-order valence-electron chi connectivity index (χ3n) is 7.08. The number of nitrogens with one attached hydrogen (secondary N) is 3. The lowest BCUT2D eigenvalue weighted by atomic mass is 10.2. The van der Waals surface area contributed by atoms with E-state index in [1.807, 2.05) is 13.8 Å². The van der Waals surface area contributed by atoms with Gasteiger partial charge in [-0.2, -0.15) is 15.0 Å². The molecule has 51 heavy (non-hydrogen) atoms. The normalized spacial score (nSPS) is 13.5. The van der Waals surface area contributed by atoms with Crippen LogP contribution in [0, 0.1) is 0 Å². The Kier molecular flexibility index (Phi) is 16.4. The van der Waals surface area contributed by atoms with Gasteiger partial charge in [-0.1, -0.05) is 26.7 Å². The van der Waals surface area contributed by atoms with E-state index >= 15 is 0 Å². The lowest BCUT2D eigenvalue weighted by Crippen LogP contribution is -2.34. The van der Waals surface area contributed by atoms with Crippen molar-refractivity contribution < 1.29 is 27.4 Å². The van der Waals surface area contributed by atoms with E-state index in [0.29, 0.717) is 66.0 Å². The number of hydrogen-bond acceptors (Lipinski definition) is 12. The molecule has 0 aliphatic heterocycles. The molecule has 282 valence electrons. The summed E-state index contributed by atoms with van der Waals surface area (Å²) in [6.45, 7) is 18.8. The summed E-state index contributed by atoms with van der Waals surface area (Å²) in [6, 6.07) is 14.0. The molecule has 0 fully saturated rings. The van der Waals surface area contributed by atoms with E-state index in [1.54, 1.807) is 48.5 Å². The van der Waals surface area contributed by atoms with Gasteiger partial charge in [-0.3, -0.25) is 0 Å². The molecule has 1 aromatic heterocycles. The molecular formula is C36H58N6O6SSi2. The summed E-state index contributed by atoms with van der Waals surface area (Å²) in [5.74, 6) is 1.84. The summed E-state index contributed by atoms with van der Waals surface area (Å²) in [7, 11) is -4.91. The van der Waals surface area contributed by atoms with Crippen molar-refractivity contribution in [2.75, 3.05) is 53.7 Å². The molecule has 0 amide bonds. The molecule has 2 aromatic carbocycles. The van der Waals surface area contributed by atoms with Crippen LogP contribution in [0.3, 0.4) is 0 Å². The van der Waals surface area contributed by atoms with Gasteiger partial charge in [-0.05, 0) is 113 Å². The molecule has 0 bridgehead atoms. The number of aromatic nitrogens is 3. The molecule has 0 saturated carbocycles. The number of carbonyl (C=O) groups is 2. The molecule has 3 rings (SSSR count). The number of benzene rings is 2. The average molecular weight is 759 g/mol. The fraction of sp³-hybridized carbons (Fsp3) is 0.528. The number of esters is 2. The minimum Gasteiger partial charge on any atom is -0.462 e. The van der Waals surface area contributed by atoms with Crippen molar-refractivity contribution in [3.63, 3.8) is 0 Å². The molecule has 0 radical (unpaired) electrons. The highest BCUT2D eigenvalue weighted by atomic mass is 32.3. The van der Waals surface area contributed by atoms with Crippen molar-refractivity contribution in [1.82, 2.24) is 15.0 Å². The van der Waals surface area contributed by atoms with Gasteiger partial charge in [0.15, 0.2) is 16.6 Å². The Morgan fingerprint density at radius 3 is 1.53 bits per heavy atom. The second kappa shape index (κ2) is 19.9. The first kappa shape index (κ1) is 41.9. The van der Waals surface area contributed by atoms with Gasteiger partial charge in [-0.25, -0.2) is 9.59 Å².